The van der Waals surface area contributed by atoms with Crippen LogP contribution in [0.15, 0.2) is 30.7 Å². The van der Waals surface area contributed by atoms with Crippen molar-refractivity contribution in [3.8, 4) is 0 Å². The van der Waals surface area contributed by atoms with Gasteiger partial charge in [-0.15, -0.1) is 0 Å². The van der Waals surface area contributed by atoms with E-state index in [2.05, 4.69) is 28.4 Å². The maximum atomic E-state index is 12.7. The highest BCUT2D eigenvalue weighted by atomic mass is 19.4. The standard InChI is InChI=1S/C18H23N5O.3C2HF3O2/c1-14-12-20-17-18(21(2)10-11-23(14)17)5-8-22(9-6-18)16(24)15-4-3-7-19-13-15;3*3-2(4,5)1(6)7/h3-4,7,12-13H,5-6,8-11H2,1-2H3;3*(H,6,7). The highest BCUT2D eigenvalue weighted by Crippen LogP contribution is 2.40. The van der Waals surface area contributed by atoms with Gasteiger partial charge in [-0.25, -0.2) is 19.4 Å². The number of likely N-dealkylation sites (N-methyl/N-ethyl adjacent to an activating group) is 1. The molecule has 0 unspecified atom stereocenters. The van der Waals surface area contributed by atoms with Crippen molar-refractivity contribution in [1.82, 2.24) is 24.3 Å². The van der Waals surface area contributed by atoms with E-state index in [4.69, 9.17) is 34.7 Å². The molecule has 0 aromatic carbocycles. The van der Waals surface area contributed by atoms with Gasteiger partial charge in [-0.3, -0.25) is 14.7 Å². The van der Waals surface area contributed by atoms with Gasteiger partial charge in [0.2, 0.25) is 0 Å². The van der Waals surface area contributed by atoms with Crippen molar-refractivity contribution in [2.24, 2.45) is 0 Å². The largest absolute Gasteiger partial charge is 0.490 e. The Morgan fingerprint density at radius 1 is 0.778 bits per heavy atom. The number of likely N-dealkylation sites (tertiary alicyclic amines) is 1. The average Bonchev–Trinajstić information content (AvgIpc) is 3.32. The van der Waals surface area contributed by atoms with Crippen LogP contribution in [0.5, 0.6) is 0 Å². The van der Waals surface area contributed by atoms with E-state index in [1.54, 1.807) is 12.4 Å². The third kappa shape index (κ3) is 10.9. The fourth-order valence-corrected chi connectivity index (χ4v) is 4.11. The van der Waals surface area contributed by atoms with Crippen molar-refractivity contribution in [3.63, 3.8) is 0 Å². The number of carbonyl (C=O) groups excluding carboxylic acids is 1. The Balaban J connectivity index is 0.000000396. The van der Waals surface area contributed by atoms with Gasteiger partial charge in [0.1, 0.15) is 5.82 Å². The molecule has 2 aromatic heterocycles. The molecule has 1 spiro atoms. The Morgan fingerprint density at radius 3 is 1.60 bits per heavy atom. The second-order valence-corrected chi connectivity index (χ2v) is 9.27. The number of hydrogen-bond donors (Lipinski definition) is 3. The lowest BCUT2D eigenvalue weighted by Crippen LogP contribution is -2.57. The molecule has 0 radical (unpaired) electrons. The van der Waals surface area contributed by atoms with Crippen LogP contribution in [0.3, 0.4) is 0 Å². The SMILES string of the molecule is Cc1cnc2n1CCN(C)C21CCN(C(=O)c2cccnc2)CC1.O=C(O)C(F)(F)F.O=C(O)C(F)(F)F.O=C(O)C(F)(F)F. The van der Waals surface area contributed by atoms with Gasteiger partial charge in [0.25, 0.3) is 5.91 Å². The van der Waals surface area contributed by atoms with Gasteiger partial charge in [0.05, 0.1) is 11.1 Å². The number of piperidine rings is 1. The molecule has 0 bridgehead atoms. The molecule has 0 saturated carbocycles. The summed E-state index contributed by atoms with van der Waals surface area (Å²) < 4.78 is 97.6. The molecule has 4 rings (SSSR count). The number of imidazole rings is 1. The van der Waals surface area contributed by atoms with Crippen LogP contribution in [0.4, 0.5) is 39.5 Å². The van der Waals surface area contributed by atoms with E-state index in [0.717, 1.165) is 39.0 Å². The summed E-state index contributed by atoms with van der Waals surface area (Å²) in [4.78, 5) is 52.5. The third-order valence-corrected chi connectivity index (χ3v) is 6.37. The predicted molar refractivity (Wildman–Crippen MR) is 132 cm³/mol. The highest BCUT2D eigenvalue weighted by molar-refractivity contribution is 5.93. The van der Waals surface area contributed by atoms with Crippen LogP contribution in [0.2, 0.25) is 0 Å². The lowest BCUT2D eigenvalue weighted by Gasteiger charge is -2.49. The van der Waals surface area contributed by atoms with Crippen LogP contribution in [0.1, 0.15) is 34.7 Å². The number of amides is 1. The smallest absolute Gasteiger partial charge is 0.475 e. The molecule has 0 aliphatic carbocycles. The first-order valence-electron chi connectivity index (χ1n) is 12.3. The second-order valence-electron chi connectivity index (χ2n) is 9.27. The highest BCUT2D eigenvalue weighted by Gasteiger charge is 2.46. The number of carboxylic acids is 3. The number of aliphatic carboxylic acids is 3. The molecule has 2 aromatic rings. The summed E-state index contributed by atoms with van der Waals surface area (Å²) in [6.45, 7) is 5.66. The number of alkyl halides is 9. The van der Waals surface area contributed by atoms with Crippen LogP contribution >= 0.6 is 0 Å². The number of carboxylic acid groups (broad SMARTS) is 3. The molecule has 1 fully saturated rings. The van der Waals surface area contributed by atoms with Gasteiger partial charge in [0.15, 0.2) is 0 Å². The number of carbonyl (C=O) groups is 4. The summed E-state index contributed by atoms with van der Waals surface area (Å²) in [6.07, 6.45) is -8.09. The van der Waals surface area contributed by atoms with E-state index in [0.29, 0.717) is 5.56 Å². The minimum Gasteiger partial charge on any atom is -0.475 e. The minimum absolute atomic E-state index is 0.0434. The normalized spacial score (nSPS) is 16.0. The predicted octanol–water partition coefficient (Wildman–Crippen LogP) is 3.56. The molecular formula is C24H26F9N5O7. The molecule has 3 N–H and O–H groups in total. The van der Waals surface area contributed by atoms with Crippen LogP contribution in [0, 0.1) is 6.92 Å². The molecule has 1 saturated heterocycles. The summed E-state index contributed by atoms with van der Waals surface area (Å²) in [5.41, 5.74) is 1.85. The van der Waals surface area contributed by atoms with E-state index in [-0.39, 0.29) is 11.4 Å². The van der Waals surface area contributed by atoms with Crippen molar-refractivity contribution < 1.29 is 74.0 Å². The lowest BCUT2D eigenvalue weighted by molar-refractivity contribution is -0.193. The van der Waals surface area contributed by atoms with Gasteiger partial charge < -0.3 is 24.8 Å². The maximum absolute atomic E-state index is 12.7. The molecular weight excluding hydrogens is 641 g/mol. The Kier molecular flexibility index (Phi) is 12.9. The van der Waals surface area contributed by atoms with Crippen LogP contribution < -0.4 is 0 Å². The minimum atomic E-state index is -5.08. The molecule has 12 nitrogen and oxygen atoms in total. The first kappa shape index (κ1) is 38.6. The van der Waals surface area contributed by atoms with Crippen LogP contribution in [0.25, 0.3) is 0 Å². The first-order valence-corrected chi connectivity index (χ1v) is 12.3. The fraction of sp³-hybridized carbons (Fsp3) is 0.500. The van der Waals surface area contributed by atoms with Crippen LogP contribution in [-0.4, -0.2) is 109 Å². The maximum Gasteiger partial charge on any atom is 0.490 e. The molecule has 2 aliphatic rings. The quantitative estimate of drug-likeness (QED) is 0.383. The number of nitrogens with zero attached hydrogens (tertiary/aromatic N) is 5. The third-order valence-electron chi connectivity index (χ3n) is 6.37. The molecule has 1 amide bonds. The zero-order chi connectivity index (χ0) is 35.0. The lowest BCUT2D eigenvalue weighted by atomic mass is 9.83. The molecule has 45 heavy (non-hydrogen) atoms. The van der Waals surface area contributed by atoms with E-state index in [1.165, 1.54) is 11.5 Å². The van der Waals surface area contributed by atoms with Crippen molar-refractivity contribution in [2.75, 3.05) is 26.7 Å². The number of hydrogen-bond acceptors (Lipinski definition) is 7. The van der Waals surface area contributed by atoms with Gasteiger partial charge in [-0.1, -0.05) is 0 Å². The zero-order valence-electron chi connectivity index (χ0n) is 23.2. The first-order chi connectivity index (χ1) is 20.4. The Labute approximate surface area is 247 Å². The molecule has 252 valence electrons. The Bertz CT molecular complexity index is 1260. The van der Waals surface area contributed by atoms with Crippen molar-refractivity contribution in [1.29, 1.82) is 0 Å². The summed E-state index contributed by atoms with van der Waals surface area (Å²) in [5.74, 6) is -7.02. The number of halogens is 9. The topological polar surface area (TPSA) is 166 Å². The van der Waals surface area contributed by atoms with Gasteiger partial charge in [-0.05, 0) is 38.9 Å². The number of fused-ring (bicyclic) bond motifs is 2. The zero-order valence-corrected chi connectivity index (χ0v) is 23.2. The van der Waals surface area contributed by atoms with Crippen molar-refractivity contribution in [3.05, 3.63) is 47.8 Å². The van der Waals surface area contributed by atoms with Gasteiger partial charge in [0, 0.05) is 50.5 Å². The van der Waals surface area contributed by atoms with E-state index < -0.39 is 36.4 Å². The van der Waals surface area contributed by atoms with Crippen molar-refractivity contribution >= 4 is 23.8 Å². The van der Waals surface area contributed by atoms with E-state index >= 15 is 0 Å². The molecule has 21 heteroatoms. The van der Waals surface area contributed by atoms with E-state index in [1.807, 2.05) is 23.2 Å². The molecule has 0 atom stereocenters. The summed E-state index contributed by atoms with van der Waals surface area (Å²) in [5, 5.41) is 21.4. The summed E-state index contributed by atoms with van der Waals surface area (Å²) in [6, 6.07) is 3.65. The number of pyridine rings is 1. The fourth-order valence-electron chi connectivity index (χ4n) is 4.11. The Morgan fingerprint density at radius 2 is 1.22 bits per heavy atom. The number of aryl methyl sites for hydroxylation is 1. The summed E-state index contributed by atoms with van der Waals surface area (Å²) >= 11 is 0. The average molecular weight is 667 g/mol. The van der Waals surface area contributed by atoms with Gasteiger partial charge >= 0.3 is 36.4 Å². The Hall–Kier alpha value is -4.43. The van der Waals surface area contributed by atoms with Crippen LogP contribution in [-0.2, 0) is 26.5 Å². The van der Waals surface area contributed by atoms with Gasteiger partial charge in [-0.2, -0.15) is 39.5 Å². The summed E-state index contributed by atoms with van der Waals surface area (Å²) in [7, 11) is 2.19. The molecule has 2 aliphatic heterocycles. The monoisotopic (exact) mass is 667 g/mol. The second kappa shape index (κ2) is 15.0. The van der Waals surface area contributed by atoms with E-state index in [9.17, 15) is 44.3 Å². The molecule has 4 heterocycles. The number of rotatable bonds is 1. The van der Waals surface area contributed by atoms with Crippen molar-refractivity contribution in [2.45, 2.75) is 50.4 Å². The number of aromatic nitrogens is 3.